The molecule has 0 unspecified atom stereocenters. The zero-order valence-corrected chi connectivity index (χ0v) is 14.0. The van der Waals surface area contributed by atoms with Gasteiger partial charge in [0.15, 0.2) is 0 Å². The highest BCUT2D eigenvalue weighted by Gasteiger charge is 2.32. The van der Waals surface area contributed by atoms with Crippen LogP contribution in [0.2, 0.25) is 0 Å². The molecule has 0 aromatic heterocycles. The number of aliphatic hydroxyl groups excluding tert-OH is 1. The van der Waals surface area contributed by atoms with E-state index >= 15 is 0 Å². The monoisotopic (exact) mass is 319 g/mol. The van der Waals surface area contributed by atoms with Crippen LogP contribution in [0.5, 0.6) is 0 Å². The number of benzene rings is 1. The summed E-state index contributed by atoms with van der Waals surface area (Å²) in [5, 5.41) is 9.08. The van der Waals surface area contributed by atoms with Gasteiger partial charge in [-0.25, -0.2) is 4.79 Å². The van der Waals surface area contributed by atoms with Crippen LogP contribution in [0.1, 0.15) is 19.4 Å². The second-order valence-corrected chi connectivity index (χ2v) is 6.10. The average Bonchev–Trinajstić information content (AvgIpc) is 2.86. The highest BCUT2D eigenvalue weighted by molar-refractivity contribution is 5.96. The van der Waals surface area contributed by atoms with Crippen LogP contribution in [0.15, 0.2) is 24.3 Å². The maximum Gasteiger partial charge on any atom is 0.325 e. The number of amides is 3. The Morgan fingerprint density at radius 3 is 2.48 bits per heavy atom. The van der Waals surface area contributed by atoms with Crippen LogP contribution >= 0.6 is 0 Å². The van der Waals surface area contributed by atoms with Crippen molar-refractivity contribution in [2.75, 3.05) is 37.7 Å². The number of hydrogen-bond acceptors (Lipinski definition) is 3. The molecule has 1 fully saturated rings. The molecule has 0 radical (unpaired) electrons. The number of carbonyl (C=O) groups is 2. The summed E-state index contributed by atoms with van der Waals surface area (Å²) >= 11 is 0. The van der Waals surface area contributed by atoms with E-state index < -0.39 is 0 Å². The largest absolute Gasteiger partial charge is 0.395 e. The zero-order valence-electron chi connectivity index (χ0n) is 14.0. The summed E-state index contributed by atoms with van der Waals surface area (Å²) in [6, 6.07) is 7.64. The van der Waals surface area contributed by atoms with Crippen molar-refractivity contribution in [2.24, 2.45) is 0 Å². The zero-order chi connectivity index (χ0) is 17.0. The van der Waals surface area contributed by atoms with Crippen molar-refractivity contribution < 1.29 is 14.7 Å². The Labute approximate surface area is 137 Å². The lowest BCUT2D eigenvalue weighted by Crippen LogP contribution is -2.46. The minimum atomic E-state index is -0.144. The van der Waals surface area contributed by atoms with Gasteiger partial charge >= 0.3 is 6.03 Å². The number of nitrogens with zero attached hydrogens (tertiary/aromatic N) is 3. The molecule has 0 atom stereocenters. The lowest BCUT2D eigenvalue weighted by Gasteiger charge is -2.28. The molecule has 6 nitrogen and oxygen atoms in total. The number of anilines is 1. The Bertz CT molecular complexity index is 557. The van der Waals surface area contributed by atoms with Crippen molar-refractivity contribution in [3.05, 3.63) is 29.8 Å². The smallest absolute Gasteiger partial charge is 0.325 e. The number of rotatable bonds is 6. The van der Waals surface area contributed by atoms with Crippen molar-refractivity contribution in [3.8, 4) is 0 Å². The molecule has 0 bridgehead atoms. The fourth-order valence-corrected chi connectivity index (χ4v) is 2.73. The van der Waals surface area contributed by atoms with E-state index in [2.05, 4.69) is 0 Å². The van der Waals surface area contributed by atoms with E-state index in [9.17, 15) is 9.59 Å². The van der Waals surface area contributed by atoms with Crippen LogP contribution in [-0.4, -0.2) is 65.7 Å². The maximum absolute atomic E-state index is 12.5. The Balaban J connectivity index is 2.01. The first kappa shape index (κ1) is 17.3. The molecular weight excluding hydrogens is 294 g/mol. The van der Waals surface area contributed by atoms with E-state index in [1.54, 1.807) is 14.7 Å². The van der Waals surface area contributed by atoms with Crippen LogP contribution in [0.3, 0.4) is 0 Å². The molecule has 0 aliphatic carbocycles. The van der Waals surface area contributed by atoms with E-state index in [1.165, 1.54) is 0 Å². The molecule has 1 N–H and O–H groups in total. The average molecular weight is 319 g/mol. The summed E-state index contributed by atoms with van der Waals surface area (Å²) in [5.41, 5.74) is 2.00. The van der Waals surface area contributed by atoms with Crippen molar-refractivity contribution in [1.29, 1.82) is 0 Å². The van der Waals surface area contributed by atoms with Gasteiger partial charge < -0.3 is 14.9 Å². The van der Waals surface area contributed by atoms with Gasteiger partial charge in [0, 0.05) is 31.4 Å². The number of urea groups is 1. The van der Waals surface area contributed by atoms with Gasteiger partial charge in [-0.1, -0.05) is 17.7 Å². The molecule has 0 saturated carbocycles. The fourth-order valence-electron chi connectivity index (χ4n) is 2.73. The van der Waals surface area contributed by atoms with Crippen LogP contribution in [0.4, 0.5) is 10.5 Å². The molecule has 1 aromatic carbocycles. The Morgan fingerprint density at radius 2 is 1.91 bits per heavy atom. The van der Waals surface area contributed by atoms with E-state index in [1.807, 2.05) is 45.0 Å². The SMILES string of the molecule is Cc1ccc(N2CCN(CC(=O)N(CCO)C(C)C)C2=O)cc1. The molecule has 1 aliphatic heterocycles. The topological polar surface area (TPSA) is 64.1 Å². The van der Waals surface area contributed by atoms with E-state index in [-0.39, 0.29) is 31.1 Å². The predicted molar refractivity (Wildman–Crippen MR) is 89.4 cm³/mol. The molecule has 23 heavy (non-hydrogen) atoms. The third-order valence-electron chi connectivity index (χ3n) is 4.05. The predicted octanol–water partition coefficient (Wildman–Crippen LogP) is 1.47. The van der Waals surface area contributed by atoms with Gasteiger partial charge in [-0.2, -0.15) is 0 Å². The summed E-state index contributed by atoms with van der Waals surface area (Å²) in [7, 11) is 0. The van der Waals surface area contributed by atoms with Gasteiger partial charge in [0.25, 0.3) is 0 Å². The molecule has 2 rings (SSSR count). The molecule has 1 saturated heterocycles. The molecule has 0 spiro atoms. The Morgan fingerprint density at radius 1 is 1.26 bits per heavy atom. The number of aryl methyl sites for hydroxylation is 1. The fraction of sp³-hybridized carbons (Fsp3) is 0.529. The number of aliphatic hydroxyl groups is 1. The van der Waals surface area contributed by atoms with Crippen LogP contribution in [0, 0.1) is 6.92 Å². The van der Waals surface area contributed by atoms with Gasteiger partial charge in [-0.05, 0) is 32.9 Å². The first-order valence-electron chi connectivity index (χ1n) is 7.97. The van der Waals surface area contributed by atoms with Crippen molar-refractivity contribution in [2.45, 2.75) is 26.8 Å². The van der Waals surface area contributed by atoms with E-state index in [0.717, 1.165) is 11.3 Å². The maximum atomic E-state index is 12.5. The molecule has 1 aromatic rings. The summed E-state index contributed by atoms with van der Waals surface area (Å²) in [4.78, 5) is 29.7. The third kappa shape index (κ3) is 4.01. The van der Waals surface area contributed by atoms with Crippen molar-refractivity contribution in [1.82, 2.24) is 9.80 Å². The molecule has 126 valence electrons. The van der Waals surface area contributed by atoms with E-state index in [4.69, 9.17) is 5.11 Å². The number of carbonyl (C=O) groups excluding carboxylic acids is 2. The summed E-state index contributed by atoms with van der Waals surface area (Å²) in [5.74, 6) is -0.131. The van der Waals surface area contributed by atoms with Crippen molar-refractivity contribution in [3.63, 3.8) is 0 Å². The van der Waals surface area contributed by atoms with Crippen molar-refractivity contribution >= 4 is 17.6 Å². The highest BCUT2D eigenvalue weighted by atomic mass is 16.3. The van der Waals surface area contributed by atoms with Crippen LogP contribution in [0.25, 0.3) is 0 Å². The second kappa shape index (κ2) is 7.46. The first-order valence-corrected chi connectivity index (χ1v) is 7.97. The molecule has 1 heterocycles. The molecule has 6 heteroatoms. The molecule has 3 amide bonds. The lowest BCUT2D eigenvalue weighted by atomic mass is 10.2. The number of hydrogen-bond donors (Lipinski definition) is 1. The highest BCUT2D eigenvalue weighted by Crippen LogP contribution is 2.20. The van der Waals surface area contributed by atoms with Gasteiger partial charge in [0.2, 0.25) is 5.91 Å². The van der Waals surface area contributed by atoms with Crippen LogP contribution in [-0.2, 0) is 4.79 Å². The summed E-state index contributed by atoms with van der Waals surface area (Å²) < 4.78 is 0. The van der Waals surface area contributed by atoms with Crippen LogP contribution < -0.4 is 4.90 Å². The third-order valence-corrected chi connectivity index (χ3v) is 4.05. The standard InChI is InChI=1S/C17H25N3O3/c1-13(2)19(10-11-21)16(22)12-18-8-9-20(17(18)23)15-6-4-14(3)5-7-15/h4-7,13,21H,8-12H2,1-3H3. The quantitative estimate of drug-likeness (QED) is 0.863. The Kier molecular flexibility index (Phi) is 5.60. The molecular formula is C17H25N3O3. The van der Waals surface area contributed by atoms with Gasteiger partial charge in [0.1, 0.15) is 6.54 Å². The second-order valence-electron chi connectivity index (χ2n) is 6.10. The summed E-state index contributed by atoms with van der Waals surface area (Å²) in [6.07, 6.45) is 0. The van der Waals surface area contributed by atoms with E-state index in [0.29, 0.717) is 19.6 Å². The summed E-state index contributed by atoms with van der Waals surface area (Å²) in [6.45, 7) is 7.19. The van der Waals surface area contributed by atoms with Gasteiger partial charge in [-0.3, -0.25) is 9.69 Å². The minimum absolute atomic E-state index is 0.000515. The van der Waals surface area contributed by atoms with Gasteiger partial charge in [-0.15, -0.1) is 0 Å². The Hall–Kier alpha value is -2.08. The normalized spacial score (nSPS) is 14.7. The first-order chi connectivity index (χ1) is 10.9. The minimum Gasteiger partial charge on any atom is -0.395 e. The lowest BCUT2D eigenvalue weighted by molar-refractivity contribution is -0.133. The molecule has 1 aliphatic rings. The van der Waals surface area contributed by atoms with Gasteiger partial charge in [0.05, 0.1) is 6.61 Å².